The fourth-order valence-electron chi connectivity index (χ4n) is 2.78. The third kappa shape index (κ3) is 3.42. The zero-order valence-corrected chi connectivity index (χ0v) is 14.6. The van der Waals surface area contributed by atoms with Crippen molar-refractivity contribution in [1.29, 1.82) is 0 Å². The maximum atomic E-state index is 12.7. The van der Waals surface area contributed by atoms with E-state index >= 15 is 0 Å². The SMILES string of the molecule is CN(c1ccccc1)c1nc(-c2ccccc2)ncc1C(=O)NC1CC1. The van der Waals surface area contributed by atoms with Crippen molar-refractivity contribution in [3.8, 4) is 11.4 Å². The van der Waals surface area contributed by atoms with Crippen LogP contribution in [-0.4, -0.2) is 29.0 Å². The van der Waals surface area contributed by atoms with E-state index < -0.39 is 0 Å². The molecule has 0 saturated heterocycles. The molecule has 0 atom stereocenters. The molecule has 0 aliphatic heterocycles. The number of carbonyl (C=O) groups excluding carboxylic acids is 1. The molecule has 130 valence electrons. The van der Waals surface area contributed by atoms with E-state index in [9.17, 15) is 4.79 Å². The summed E-state index contributed by atoms with van der Waals surface area (Å²) < 4.78 is 0. The predicted molar refractivity (Wildman–Crippen MR) is 102 cm³/mol. The van der Waals surface area contributed by atoms with Crippen molar-refractivity contribution in [3.63, 3.8) is 0 Å². The summed E-state index contributed by atoms with van der Waals surface area (Å²) in [6, 6.07) is 20.0. The van der Waals surface area contributed by atoms with Gasteiger partial charge >= 0.3 is 0 Å². The van der Waals surface area contributed by atoms with Gasteiger partial charge in [0.1, 0.15) is 11.4 Å². The van der Waals surface area contributed by atoms with Gasteiger partial charge in [-0.15, -0.1) is 0 Å². The Kier molecular flexibility index (Phi) is 4.35. The second-order valence-electron chi connectivity index (χ2n) is 6.44. The summed E-state index contributed by atoms with van der Waals surface area (Å²) in [6.07, 6.45) is 3.71. The fraction of sp³-hybridized carbons (Fsp3) is 0.190. The summed E-state index contributed by atoms with van der Waals surface area (Å²) in [5.41, 5.74) is 2.37. The van der Waals surface area contributed by atoms with Crippen molar-refractivity contribution in [1.82, 2.24) is 15.3 Å². The van der Waals surface area contributed by atoms with Gasteiger partial charge in [-0.1, -0.05) is 48.5 Å². The van der Waals surface area contributed by atoms with Crippen LogP contribution in [0.1, 0.15) is 23.2 Å². The first kappa shape index (κ1) is 16.3. The van der Waals surface area contributed by atoms with Crippen molar-refractivity contribution in [2.24, 2.45) is 0 Å². The summed E-state index contributed by atoms with van der Waals surface area (Å²) in [7, 11) is 1.92. The van der Waals surface area contributed by atoms with Crippen LogP contribution in [0.5, 0.6) is 0 Å². The Morgan fingerprint density at radius 2 is 1.69 bits per heavy atom. The van der Waals surface area contributed by atoms with Gasteiger partial charge in [-0.3, -0.25) is 4.79 Å². The number of benzene rings is 2. The molecule has 1 saturated carbocycles. The van der Waals surface area contributed by atoms with Crippen LogP contribution in [0.15, 0.2) is 66.9 Å². The molecule has 0 spiro atoms. The molecular formula is C21H20N4O. The van der Waals surface area contributed by atoms with Crippen LogP contribution in [0.25, 0.3) is 11.4 Å². The van der Waals surface area contributed by atoms with Crippen LogP contribution >= 0.6 is 0 Å². The number of anilines is 2. The second kappa shape index (κ2) is 6.96. The lowest BCUT2D eigenvalue weighted by molar-refractivity contribution is 0.0951. The highest BCUT2D eigenvalue weighted by Gasteiger charge is 2.26. The number of carbonyl (C=O) groups is 1. The van der Waals surface area contributed by atoms with Gasteiger partial charge in [-0.25, -0.2) is 9.97 Å². The Morgan fingerprint density at radius 3 is 2.35 bits per heavy atom. The number of hydrogen-bond acceptors (Lipinski definition) is 4. The fourth-order valence-corrected chi connectivity index (χ4v) is 2.78. The monoisotopic (exact) mass is 344 g/mol. The minimum absolute atomic E-state index is 0.120. The molecule has 1 aliphatic rings. The molecule has 1 N–H and O–H groups in total. The highest BCUT2D eigenvalue weighted by Crippen LogP contribution is 2.28. The number of rotatable bonds is 5. The van der Waals surface area contributed by atoms with Crippen LogP contribution in [0.3, 0.4) is 0 Å². The van der Waals surface area contributed by atoms with Gasteiger partial charge in [0.05, 0.1) is 0 Å². The largest absolute Gasteiger partial charge is 0.349 e. The van der Waals surface area contributed by atoms with E-state index in [4.69, 9.17) is 4.98 Å². The maximum absolute atomic E-state index is 12.7. The summed E-state index contributed by atoms with van der Waals surface area (Å²) >= 11 is 0. The van der Waals surface area contributed by atoms with Crippen LogP contribution < -0.4 is 10.2 Å². The van der Waals surface area contributed by atoms with Crippen molar-refractivity contribution >= 4 is 17.4 Å². The van der Waals surface area contributed by atoms with Gasteiger partial charge in [0.25, 0.3) is 5.91 Å². The van der Waals surface area contributed by atoms with E-state index in [1.54, 1.807) is 6.20 Å². The Balaban J connectivity index is 1.77. The Hall–Kier alpha value is -3.21. The summed E-state index contributed by atoms with van der Waals surface area (Å²) in [5.74, 6) is 1.08. The van der Waals surface area contributed by atoms with Crippen molar-refractivity contribution < 1.29 is 4.79 Å². The zero-order valence-electron chi connectivity index (χ0n) is 14.6. The van der Waals surface area contributed by atoms with E-state index in [0.29, 0.717) is 17.2 Å². The summed E-state index contributed by atoms with van der Waals surface area (Å²) in [5, 5.41) is 3.03. The Labute approximate surface area is 152 Å². The lowest BCUT2D eigenvalue weighted by atomic mass is 10.2. The number of aromatic nitrogens is 2. The van der Waals surface area contributed by atoms with Crippen LogP contribution in [0.4, 0.5) is 11.5 Å². The van der Waals surface area contributed by atoms with E-state index in [1.807, 2.05) is 72.6 Å². The number of nitrogens with zero attached hydrogens (tertiary/aromatic N) is 3. The first-order valence-corrected chi connectivity index (χ1v) is 8.74. The highest BCUT2D eigenvalue weighted by molar-refractivity contribution is 6.00. The molecule has 26 heavy (non-hydrogen) atoms. The molecule has 1 amide bonds. The van der Waals surface area contributed by atoms with Crippen LogP contribution in [-0.2, 0) is 0 Å². The molecule has 3 aromatic rings. The third-order valence-corrected chi connectivity index (χ3v) is 4.42. The highest BCUT2D eigenvalue weighted by atomic mass is 16.1. The Morgan fingerprint density at radius 1 is 1.04 bits per heavy atom. The van der Waals surface area contributed by atoms with Crippen LogP contribution in [0.2, 0.25) is 0 Å². The third-order valence-electron chi connectivity index (χ3n) is 4.42. The number of amides is 1. The Bertz CT molecular complexity index is 908. The molecule has 1 fully saturated rings. The lowest BCUT2D eigenvalue weighted by Gasteiger charge is -2.21. The first-order valence-electron chi connectivity index (χ1n) is 8.74. The topological polar surface area (TPSA) is 58.1 Å². The summed E-state index contributed by atoms with van der Waals surface area (Å²) in [6.45, 7) is 0. The average molecular weight is 344 g/mol. The number of nitrogens with one attached hydrogen (secondary N) is 1. The molecule has 1 aliphatic carbocycles. The lowest BCUT2D eigenvalue weighted by Crippen LogP contribution is -2.28. The maximum Gasteiger partial charge on any atom is 0.256 e. The normalized spacial score (nSPS) is 13.3. The predicted octanol–water partition coefficient (Wildman–Crippen LogP) is 3.80. The number of hydrogen-bond donors (Lipinski definition) is 1. The van der Waals surface area contributed by atoms with Crippen molar-refractivity contribution in [2.75, 3.05) is 11.9 Å². The van der Waals surface area contributed by atoms with E-state index in [0.717, 1.165) is 24.1 Å². The van der Waals surface area contributed by atoms with Gasteiger partial charge in [-0.05, 0) is 25.0 Å². The van der Waals surface area contributed by atoms with Crippen LogP contribution in [0, 0.1) is 0 Å². The van der Waals surface area contributed by atoms with E-state index in [1.165, 1.54) is 0 Å². The minimum atomic E-state index is -0.120. The van der Waals surface area contributed by atoms with E-state index in [-0.39, 0.29) is 11.9 Å². The smallest absolute Gasteiger partial charge is 0.256 e. The number of para-hydroxylation sites is 1. The molecule has 4 rings (SSSR count). The van der Waals surface area contributed by atoms with Gasteiger partial charge in [0, 0.05) is 30.5 Å². The molecular weight excluding hydrogens is 324 g/mol. The second-order valence-corrected chi connectivity index (χ2v) is 6.44. The average Bonchev–Trinajstić information content (AvgIpc) is 3.52. The minimum Gasteiger partial charge on any atom is -0.349 e. The molecule has 0 unspecified atom stereocenters. The summed E-state index contributed by atoms with van der Waals surface area (Å²) in [4.78, 5) is 23.8. The first-order chi connectivity index (χ1) is 12.7. The molecule has 5 nitrogen and oxygen atoms in total. The van der Waals surface area contributed by atoms with Gasteiger partial charge in [0.15, 0.2) is 5.82 Å². The molecule has 0 radical (unpaired) electrons. The molecule has 1 aromatic heterocycles. The molecule has 1 heterocycles. The molecule has 2 aromatic carbocycles. The molecule has 5 heteroatoms. The zero-order chi connectivity index (χ0) is 17.9. The van der Waals surface area contributed by atoms with Crippen molar-refractivity contribution in [2.45, 2.75) is 18.9 Å². The quantitative estimate of drug-likeness (QED) is 0.765. The molecule has 0 bridgehead atoms. The van der Waals surface area contributed by atoms with Crippen molar-refractivity contribution in [3.05, 3.63) is 72.4 Å². The van der Waals surface area contributed by atoms with Gasteiger partial charge < -0.3 is 10.2 Å². The van der Waals surface area contributed by atoms with Gasteiger partial charge in [0.2, 0.25) is 0 Å². The standard InChI is InChI=1S/C21H20N4O/c1-25(17-10-6-3-7-11-17)20-18(21(26)23-16-12-13-16)14-22-19(24-20)15-8-4-2-5-9-15/h2-11,14,16H,12-13H2,1H3,(H,23,26). The van der Waals surface area contributed by atoms with E-state index in [2.05, 4.69) is 10.3 Å². The van der Waals surface area contributed by atoms with Gasteiger partial charge in [-0.2, -0.15) is 0 Å².